The number of aromatic hydroxyl groups is 1. The molecule has 29 heavy (non-hydrogen) atoms. The van der Waals surface area contributed by atoms with Gasteiger partial charge >= 0.3 is 0 Å². The van der Waals surface area contributed by atoms with E-state index in [-0.39, 0.29) is 22.6 Å². The van der Waals surface area contributed by atoms with Crippen LogP contribution in [0.25, 0.3) is 0 Å². The molecule has 0 bridgehead atoms. The van der Waals surface area contributed by atoms with Crippen LogP contribution in [0.1, 0.15) is 31.8 Å². The minimum absolute atomic E-state index is 0.135. The number of phenols is 1. The third kappa shape index (κ3) is 3.45. The lowest BCUT2D eigenvalue weighted by Crippen LogP contribution is -2.29. The summed E-state index contributed by atoms with van der Waals surface area (Å²) in [5.74, 6) is -0.629. The molecule has 0 aromatic heterocycles. The Hall–Kier alpha value is -2.96. The number of hydrogen-bond acceptors (Lipinski definition) is 4. The fourth-order valence-electron chi connectivity index (χ4n) is 3.16. The van der Waals surface area contributed by atoms with Gasteiger partial charge in [-0.1, -0.05) is 39.7 Å². The second-order valence-electron chi connectivity index (χ2n) is 6.55. The van der Waals surface area contributed by atoms with Gasteiger partial charge in [-0.25, -0.2) is 4.90 Å². The van der Waals surface area contributed by atoms with E-state index in [1.807, 2.05) is 0 Å². The molecule has 5 nitrogen and oxygen atoms in total. The van der Waals surface area contributed by atoms with Gasteiger partial charge in [0.15, 0.2) is 0 Å². The highest BCUT2D eigenvalue weighted by molar-refractivity contribution is 9.10. The van der Waals surface area contributed by atoms with Crippen LogP contribution in [0.3, 0.4) is 0 Å². The SMILES string of the molecule is Cc1cc(Br)cc(C=Nc2ccc(N3C(=O)c4ccccc4C3=O)cc2Cl)c1O. The van der Waals surface area contributed by atoms with Crippen molar-refractivity contribution in [1.29, 1.82) is 0 Å². The summed E-state index contributed by atoms with van der Waals surface area (Å²) < 4.78 is 0.821. The molecule has 0 radical (unpaired) electrons. The van der Waals surface area contributed by atoms with Gasteiger partial charge in [-0.05, 0) is 55.0 Å². The summed E-state index contributed by atoms with van der Waals surface area (Å²) in [6.07, 6.45) is 1.51. The van der Waals surface area contributed by atoms with E-state index in [0.29, 0.717) is 33.6 Å². The smallest absolute Gasteiger partial charge is 0.266 e. The first-order valence-electron chi connectivity index (χ1n) is 8.67. The van der Waals surface area contributed by atoms with E-state index in [2.05, 4.69) is 20.9 Å². The highest BCUT2D eigenvalue weighted by Gasteiger charge is 2.36. The van der Waals surface area contributed by atoms with Gasteiger partial charge in [-0.3, -0.25) is 14.6 Å². The van der Waals surface area contributed by atoms with Crippen LogP contribution in [0.5, 0.6) is 5.75 Å². The standard InChI is InChI=1S/C22H14BrClN2O3/c1-12-8-14(23)9-13(20(12)27)11-25-19-7-6-15(10-18(19)24)26-21(28)16-4-2-3-5-17(16)22(26)29/h2-11,27H,1H3. The number of aryl methyl sites for hydroxylation is 1. The third-order valence-corrected chi connectivity index (χ3v) is 5.38. The summed E-state index contributed by atoms with van der Waals surface area (Å²) in [5.41, 5.74) is 2.82. The summed E-state index contributed by atoms with van der Waals surface area (Å²) >= 11 is 9.74. The number of aliphatic imine (C=N–C) groups is 1. The fourth-order valence-corrected chi connectivity index (χ4v) is 3.98. The van der Waals surface area contributed by atoms with E-state index < -0.39 is 0 Å². The van der Waals surface area contributed by atoms with Crippen LogP contribution in [-0.2, 0) is 0 Å². The number of hydrogen-bond donors (Lipinski definition) is 1. The molecule has 0 fully saturated rings. The second kappa shape index (κ2) is 7.46. The van der Waals surface area contributed by atoms with Crippen LogP contribution in [0.15, 0.2) is 64.1 Å². The number of halogens is 2. The number of imide groups is 1. The van der Waals surface area contributed by atoms with Crippen molar-refractivity contribution in [2.75, 3.05) is 4.90 Å². The van der Waals surface area contributed by atoms with Gasteiger partial charge in [0.25, 0.3) is 11.8 Å². The average molecular weight is 470 g/mol. The molecule has 0 saturated carbocycles. The van der Waals surface area contributed by atoms with Crippen molar-refractivity contribution in [2.45, 2.75) is 6.92 Å². The van der Waals surface area contributed by atoms with Crippen molar-refractivity contribution in [3.63, 3.8) is 0 Å². The van der Waals surface area contributed by atoms with Gasteiger partial charge < -0.3 is 5.11 Å². The number of rotatable bonds is 3. The Labute approximate surface area is 180 Å². The first-order chi connectivity index (χ1) is 13.9. The molecule has 3 aromatic rings. The van der Waals surface area contributed by atoms with Gasteiger partial charge in [0.1, 0.15) is 5.75 Å². The molecule has 2 amide bonds. The van der Waals surface area contributed by atoms with Crippen molar-refractivity contribution in [3.8, 4) is 5.75 Å². The predicted octanol–water partition coefficient (Wildman–Crippen LogP) is 5.67. The third-order valence-electron chi connectivity index (χ3n) is 4.62. The molecule has 1 N–H and O–H groups in total. The van der Waals surface area contributed by atoms with Crippen molar-refractivity contribution in [2.24, 2.45) is 4.99 Å². The van der Waals surface area contributed by atoms with Crippen LogP contribution in [0.2, 0.25) is 5.02 Å². The summed E-state index contributed by atoms with van der Waals surface area (Å²) in [6, 6.07) is 15.0. The number of amides is 2. The molecular formula is C22H14BrClN2O3. The number of carbonyl (C=O) groups is 2. The Morgan fingerprint density at radius 3 is 2.31 bits per heavy atom. The Morgan fingerprint density at radius 2 is 1.69 bits per heavy atom. The molecule has 1 aliphatic rings. The number of nitrogens with zero attached hydrogens (tertiary/aromatic N) is 2. The van der Waals surface area contributed by atoms with Crippen molar-refractivity contribution in [3.05, 3.63) is 86.3 Å². The second-order valence-corrected chi connectivity index (χ2v) is 7.87. The molecule has 4 rings (SSSR count). The normalized spacial score (nSPS) is 13.4. The zero-order valence-electron chi connectivity index (χ0n) is 15.2. The van der Waals surface area contributed by atoms with E-state index in [1.165, 1.54) is 12.3 Å². The summed E-state index contributed by atoms with van der Waals surface area (Å²) in [4.78, 5) is 30.7. The lowest BCUT2D eigenvalue weighted by atomic mass is 10.1. The largest absolute Gasteiger partial charge is 0.507 e. The molecule has 1 aliphatic heterocycles. The maximum atomic E-state index is 12.6. The number of benzene rings is 3. The molecule has 0 aliphatic carbocycles. The van der Waals surface area contributed by atoms with Crippen LogP contribution < -0.4 is 4.90 Å². The Kier molecular flexibility index (Phi) is 4.98. The zero-order valence-corrected chi connectivity index (χ0v) is 17.5. The lowest BCUT2D eigenvalue weighted by Gasteiger charge is -2.14. The molecule has 3 aromatic carbocycles. The maximum Gasteiger partial charge on any atom is 0.266 e. The summed E-state index contributed by atoms with van der Waals surface area (Å²) in [5, 5.41) is 10.5. The highest BCUT2D eigenvalue weighted by Crippen LogP contribution is 2.34. The first-order valence-corrected chi connectivity index (χ1v) is 9.84. The Morgan fingerprint density at radius 1 is 1.03 bits per heavy atom. The quantitative estimate of drug-likeness (QED) is 0.397. The number of phenolic OH excluding ortho intramolecular Hbond substituents is 1. The highest BCUT2D eigenvalue weighted by atomic mass is 79.9. The molecule has 0 saturated heterocycles. The molecule has 1 heterocycles. The minimum Gasteiger partial charge on any atom is -0.507 e. The van der Waals surface area contributed by atoms with Crippen LogP contribution in [0.4, 0.5) is 11.4 Å². The zero-order chi connectivity index (χ0) is 20.7. The molecule has 0 atom stereocenters. The van der Waals surface area contributed by atoms with Crippen molar-refractivity contribution >= 4 is 56.9 Å². The van der Waals surface area contributed by atoms with Gasteiger partial charge in [-0.2, -0.15) is 0 Å². The van der Waals surface area contributed by atoms with Gasteiger partial charge in [0, 0.05) is 16.3 Å². The monoisotopic (exact) mass is 468 g/mol. The Balaban J connectivity index is 1.65. The van der Waals surface area contributed by atoms with Crippen LogP contribution in [0, 0.1) is 6.92 Å². The van der Waals surface area contributed by atoms with Crippen molar-refractivity contribution < 1.29 is 14.7 Å². The molecule has 0 unspecified atom stereocenters. The topological polar surface area (TPSA) is 70.0 Å². The van der Waals surface area contributed by atoms with E-state index in [9.17, 15) is 14.7 Å². The predicted molar refractivity (Wildman–Crippen MR) is 117 cm³/mol. The molecular weight excluding hydrogens is 456 g/mol. The minimum atomic E-state index is -0.382. The van der Waals surface area contributed by atoms with E-state index in [0.717, 1.165) is 9.37 Å². The summed E-state index contributed by atoms with van der Waals surface area (Å²) in [6.45, 7) is 1.79. The summed E-state index contributed by atoms with van der Waals surface area (Å²) in [7, 11) is 0. The number of anilines is 1. The van der Waals surface area contributed by atoms with Gasteiger partial charge in [-0.15, -0.1) is 0 Å². The number of carbonyl (C=O) groups excluding carboxylic acids is 2. The van der Waals surface area contributed by atoms with Gasteiger partial charge in [0.2, 0.25) is 0 Å². The van der Waals surface area contributed by atoms with E-state index in [1.54, 1.807) is 55.5 Å². The maximum absolute atomic E-state index is 12.6. The Bertz CT molecular complexity index is 1170. The van der Waals surface area contributed by atoms with E-state index in [4.69, 9.17) is 11.6 Å². The van der Waals surface area contributed by atoms with Crippen molar-refractivity contribution in [1.82, 2.24) is 0 Å². The lowest BCUT2D eigenvalue weighted by molar-refractivity contribution is 0.0926. The molecule has 0 spiro atoms. The van der Waals surface area contributed by atoms with Crippen LogP contribution >= 0.6 is 27.5 Å². The molecule has 144 valence electrons. The van der Waals surface area contributed by atoms with Crippen LogP contribution in [-0.4, -0.2) is 23.1 Å². The van der Waals surface area contributed by atoms with Gasteiger partial charge in [0.05, 0.1) is 27.5 Å². The first kappa shape index (κ1) is 19.4. The van der Waals surface area contributed by atoms with E-state index >= 15 is 0 Å². The number of fused-ring (bicyclic) bond motifs is 1. The average Bonchev–Trinajstić information content (AvgIpc) is 2.95. The molecule has 7 heteroatoms. The fraction of sp³-hybridized carbons (Fsp3) is 0.0455.